The van der Waals surface area contributed by atoms with Gasteiger partial charge < -0.3 is 14.2 Å². The molecule has 1 N–H and O–H groups in total. The number of alkyl halides is 3. The van der Waals surface area contributed by atoms with Crippen LogP contribution >= 0.6 is 0 Å². The van der Waals surface area contributed by atoms with Crippen LogP contribution in [0.15, 0.2) is 58.2 Å². The number of carbonyl (C=O) groups is 1. The molecule has 0 spiro atoms. The van der Waals surface area contributed by atoms with Gasteiger partial charge in [-0.3, -0.25) is 0 Å². The third kappa shape index (κ3) is 5.25. The van der Waals surface area contributed by atoms with E-state index in [1.807, 2.05) is 0 Å². The van der Waals surface area contributed by atoms with E-state index in [0.29, 0.717) is 0 Å². The van der Waals surface area contributed by atoms with Crippen LogP contribution in [0, 0.1) is 0 Å². The summed E-state index contributed by atoms with van der Waals surface area (Å²) in [5.41, 5.74) is -1.09. The number of rotatable bonds is 6. The average Bonchev–Trinajstić information content (AvgIpc) is 3.01. The van der Waals surface area contributed by atoms with Gasteiger partial charge in [0.1, 0.15) is 10.6 Å². The van der Waals surface area contributed by atoms with E-state index < -0.39 is 44.8 Å². The van der Waals surface area contributed by atoms with Crippen molar-refractivity contribution in [2.24, 2.45) is 7.05 Å². The molecule has 3 aromatic rings. The number of hydrogen-bond donors (Lipinski definition) is 1. The Morgan fingerprint density at radius 1 is 1.03 bits per heavy atom. The molecular weight excluding hydrogens is 473 g/mol. The number of sulfonamides is 1. The minimum atomic E-state index is -5.18. The molecule has 3 rings (SSSR count). The molecule has 1 heterocycles. The third-order valence-electron chi connectivity index (χ3n) is 3.99. The standard InChI is InChI=1S/C18H15F3N4O7S/c1-24-16(31-12-8-4-3-7-11(12)30-2)22-25(17(24)27)15(26)23-33(28,29)14-10-6-5-9-13(14)32-18(19,20)21/h3-10H,1-2H3,(H,23,26). The fourth-order valence-corrected chi connectivity index (χ4v) is 3.59. The van der Waals surface area contributed by atoms with Crippen molar-refractivity contribution in [1.82, 2.24) is 19.1 Å². The van der Waals surface area contributed by atoms with Gasteiger partial charge in [-0.05, 0) is 24.3 Å². The first-order chi connectivity index (χ1) is 15.4. The van der Waals surface area contributed by atoms with Gasteiger partial charge >= 0.3 is 24.1 Å². The van der Waals surface area contributed by atoms with Crippen molar-refractivity contribution in [3.05, 3.63) is 59.0 Å². The van der Waals surface area contributed by atoms with Gasteiger partial charge in [0.25, 0.3) is 10.0 Å². The Balaban J connectivity index is 1.90. The lowest BCUT2D eigenvalue weighted by molar-refractivity contribution is -0.275. The lowest BCUT2D eigenvalue weighted by Crippen LogP contribution is -2.40. The Morgan fingerprint density at radius 2 is 1.61 bits per heavy atom. The molecule has 0 aliphatic rings. The Kier molecular flexibility index (Phi) is 6.34. The number of benzene rings is 2. The summed E-state index contributed by atoms with van der Waals surface area (Å²) in [7, 11) is -2.32. The van der Waals surface area contributed by atoms with Crippen LogP contribution in [0.3, 0.4) is 0 Å². The van der Waals surface area contributed by atoms with Crippen LogP contribution in [0.25, 0.3) is 0 Å². The number of nitrogens with zero attached hydrogens (tertiary/aromatic N) is 3. The number of amides is 1. The molecule has 1 amide bonds. The maximum Gasteiger partial charge on any atom is 0.573 e. The molecule has 0 bridgehead atoms. The summed E-state index contributed by atoms with van der Waals surface area (Å²) in [5.74, 6) is -0.641. The highest BCUT2D eigenvalue weighted by atomic mass is 32.2. The first-order valence-electron chi connectivity index (χ1n) is 8.82. The second-order valence-corrected chi connectivity index (χ2v) is 7.84. The van der Waals surface area contributed by atoms with E-state index >= 15 is 0 Å². The van der Waals surface area contributed by atoms with E-state index in [9.17, 15) is 31.2 Å². The zero-order valence-corrected chi connectivity index (χ0v) is 17.7. The summed E-state index contributed by atoms with van der Waals surface area (Å²) in [6, 6.07) is 8.11. The van der Waals surface area contributed by atoms with Crippen LogP contribution in [0.2, 0.25) is 0 Å². The Hall–Kier alpha value is -4.01. The van der Waals surface area contributed by atoms with Crippen molar-refractivity contribution < 1.29 is 40.6 Å². The van der Waals surface area contributed by atoms with Gasteiger partial charge in [-0.15, -0.1) is 23.0 Å². The SMILES string of the molecule is COc1ccccc1Oc1nn(C(=O)NS(=O)(=O)c2ccccc2OC(F)(F)F)c(=O)n1C. The van der Waals surface area contributed by atoms with Crippen molar-refractivity contribution in [3.63, 3.8) is 0 Å². The quantitative estimate of drug-likeness (QED) is 0.559. The van der Waals surface area contributed by atoms with E-state index in [2.05, 4.69) is 9.84 Å². The number of halogens is 3. The van der Waals surface area contributed by atoms with Crippen molar-refractivity contribution in [2.45, 2.75) is 11.3 Å². The zero-order valence-electron chi connectivity index (χ0n) is 16.9. The van der Waals surface area contributed by atoms with Crippen molar-refractivity contribution >= 4 is 16.1 Å². The second-order valence-electron chi connectivity index (χ2n) is 6.19. The molecule has 0 aliphatic carbocycles. The number of ether oxygens (including phenoxy) is 3. The monoisotopic (exact) mass is 488 g/mol. The fraction of sp³-hybridized carbons (Fsp3) is 0.167. The molecular formula is C18H15F3N4O7S. The predicted octanol–water partition coefficient (Wildman–Crippen LogP) is 2.23. The molecule has 176 valence electrons. The lowest BCUT2D eigenvalue weighted by atomic mass is 10.3. The molecule has 0 radical (unpaired) electrons. The van der Waals surface area contributed by atoms with Gasteiger partial charge in [0.2, 0.25) is 0 Å². The highest BCUT2D eigenvalue weighted by molar-refractivity contribution is 7.90. The minimum Gasteiger partial charge on any atom is -0.493 e. The highest BCUT2D eigenvalue weighted by Crippen LogP contribution is 2.30. The Morgan fingerprint density at radius 3 is 2.21 bits per heavy atom. The minimum absolute atomic E-state index is 0.134. The summed E-state index contributed by atoms with van der Waals surface area (Å²) in [6.07, 6.45) is -5.18. The fourth-order valence-electron chi connectivity index (χ4n) is 2.54. The van der Waals surface area contributed by atoms with Gasteiger partial charge in [0, 0.05) is 7.05 Å². The molecule has 15 heteroatoms. The van der Waals surface area contributed by atoms with Gasteiger partial charge in [0.05, 0.1) is 7.11 Å². The first-order valence-corrected chi connectivity index (χ1v) is 10.3. The van der Waals surface area contributed by atoms with E-state index in [0.717, 1.165) is 28.8 Å². The van der Waals surface area contributed by atoms with Crippen LogP contribution < -0.4 is 24.6 Å². The first kappa shape index (κ1) is 23.6. The van der Waals surface area contributed by atoms with Crippen LogP contribution in [-0.4, -0.2) is 42.3 Å². The summed E-state index contributed by atoms with van der Waals surface area (Å²) in [5, 5.41) is 3.64. The predicted molar refractivity (Wildman–Crippen MR) is 105 cm³/mol. The largest absolute Gasteiger partial charge is 0.573 e. The van der Waals surface area contributed by atoms with E-state index in [1.54, 1.807) is 18.2 Å². The lowest BCUT2D eigenvalue weighted by Gasteiger charge is -2.13. The Bertz CT molecular complexity index is 1350. The number of nitrogens with one attached hydrogen (secondary N) is 1. The molecule has 2 aromatic carbocycles. The van der Waals surface area contributed by atoms with Gasteiger partial charge in [-0.2, -0.15) is 0 Å². The van der Waals surface area contributed by atoms with E-state index in [1.165, 1.54) is 24.9 Å². The Labute approximate surface area is 184 Å². The molecule has 11 nitrogen and oxygen atoms in total. The molecule has 0 aliphatic heterocycles. The maximum absolute atomic E-state index is 12.6. The molecule has 0 fully saturated rings. The van der Waals surface area contributed by atoms with Gasteiger partial charge in [0.15, 0.2) is 11.5 Å². The highest BCUT2D eigenvalue weighted by Gasteiger charge is 2.34. The van der Waals surface area contributed by atoms with Crippen LogP contribution in [0.4, 0.5) is 18.0 Å². The van der Waals surface area contributed by atoms with Crippen LogP contribution in [0.5, 0.6) is 23.3 Å². The normalized spacial score (nSPS) is 11.7. The second kappa shape index (κ2) is 8.85. The number of para-hydroxylation sites is 3. The number of hydrogen-bond acceptors (Lipinski definition) is 8. The summed E-state index contributed by atoms with van der Waals surface area (Å²) >= 11 is 0. The van der Waals surface area contributed by atoms with Gasteiger partial charge in [-0.1, -0.05) is 24.3 Å². The molecule has 0 unspecified atom stereocenters. The number of carbonyl (C=O) groups excluding carboxylic acids is 1. The number of methoxy groups -OCH3 is 1. The molecule has 0 saturated carbocycles. The smallest absolute Gasteiger partial charge is 0.493 e. The third-order valence-corrected chi connectivity index (χ3v) is 5.35. The van der Waals surface area contributed by atoms with Crippen LogP contribution in [0.1, 0.15) is 0 Å². The number of aromatic nitrogens is 3. The molecule has 0 atom stereocenters. The van der Waals surface area contributed by atoms with Crippen LogP contribution in [-0.2, 0) is 17.1 Å². The summed E-state index contributed by atoms with van der Waals surface area (Å²) in [4.78, 5) is 23.8. The van der Waals surface area contributed by atoms with Crippen molar-refractivity contribution in [3.8, 4) is 23.3 Å². The summed E-state index contributed by atoms with van der Waals surface area (Å²) < 4.78 is 79.5. The molecule has 1 aromatic heterocycles. The average molecular weight is 488 g/mol. The maximum atomic E-state index is 12.6. The topological polar surface area (TPSA) is 131 Å². The molecule has 33 heavy (non-hydrogen) atoms. The van der Waals surface area contributed by atoms with Crippen molar-refractivity contribution in [2.75, 3.05) is 7.11 Å². The summed E-state index contributed by atoms with van der Waals surface area (Å²) in [6.45, 7) is 0. The van der Waals surface area contributed by atoms with E-state index in [4.69, 9.17) is 9.47 Å². The van der Waals surface area contributed by atoms with Gasteiger partial charge in [-0.25, -0.2) is 27.3 Å². The molecule has 0 saturated heterocycles. The van der Waals surface area contributed by atoms with E-state index in [-0.39, 0.29) is 16.2 Å². The van der Waals surface area contributed by atoms with Crippen molar-refractivity contribution in [1.29, 1.82) is 0 Å². The zero-order chi connectivity index (χ0) is 24.4.